The molecule has 0 saturated carbocycles. The molecule has 1 N–H and O–H groups in total. The van der Waals surface area contributed by atoms with E-state index in [2.05, 4.69) is 10.5 Å². The largest absolute Gasteiger partial charge is 0.469 e. The van der Waals surface area contributed by atoms with Gasteiger partial charge in [-0.2, -0.15) is 5.10 Å². The number of carbonyl (C=O) groups is 1. The summed E-state index contributed by atoms with van der Waals surface area (Å²) in [6.45, 7) is 1.72. The van der Waals surface area contributed by atoms with Crippen molar-refractivity contribution in [1.29, 1.82) is 0 Å². The van der Waals surface area contributed by atoms with Crippen LogP contribution in [0.4, 0.5) is 0 Å². The predicted octanol–water partition coefficient (Wildman–Crippen LogP) is 2.61. The summed E-state index contributed by atoms with van der Waals surface area (Å²) < 4.78 is 10.1. The van der Waals surface area contributed by atoms with Crippen LogP contribution in [0.5, 0.6) is 0 Å². The van der Waals surface area contributed by atoms with Crippen LogP contribution in [0.15, 0.2) is 50.7 Å². The van der Waals surface area contributed by atoms with E-state index in [0.29, 0.717) is 11.3 Å². The molecular weight excluding hydrogens is 232 g/mol. The number of nitrogens with zero attached hydrogens (tertiary/aromatic N) is 1. The molecular formula is C13H12N2O3. The molecule has 1 amide bonds. The van der Waals surface area contributed by atoms with Gasteiger partial charge in [0.15, 0.2) is 0 Å². The highest BCUT2D eigenvalue weighted by Crippen LogP contribution is 2.07. The van der Waals surface area contributed by atoms with Crippen LogP contribution >= 0.6 is 0 Å². The van der Waals surface area contributed by atoms with Crippen molar-refractivity contribution in [3.63, 3.8) is 0 Å². The minimum atomic E-state index is -0.302. The Bertz CT molecular complexity index is 565. The molecule has 0 spiro atoms. The third-order valence-corrected chi connectivity index (χ3v) is 2.23. The van der Waals surface area contributed by atoms with E-state index in [1.165, 1.54) is 12.5 Å². The molecule has 0 aliphatic heterocycles. The lowest BCUT2D eigenvalue weighted by atomic mass is 10.2. The minimum absolute atomic E-state index is 0.302. The van der Waals surface area contributed by atoms with E-state index in [9.17, 15) is 4.79 Å². The number of amides is 1. The SMILES string of the molecule is Cc1occc1C(=O)N/N=C/C=C/c1ccco1. The highest BCUT2D eigenvalue weighted by Gasteiger charge is 2.09. The summed E-state index contributed by atoms with van der Waals surface area (Å²) >= 11 is 0. The van der Waals surface area contributed by atoms with Gasteiger partial charge >= 0.3 is 0 Å². The molecule has 5 heteroatoms. The Morgan fingerprint density at radius 2 is 2.22 bits per heavy atom. The number of hydrogen-bond acceptors (Lipinski definition) is 4. The number of allylic oxidation sites excluding steroid dienone is 1. The van der Waals surface area contributed by atoms with Crippen molar-refractivity contribution < 1.29 is 13.6 Å². The van der Waals surface area contributed by atoms with Gasteiger partial charge in [-0.3, -0.25) is 4.79 Å². The van der Waals surface area contributed by atoms with Gasteiger partial charge in [0.25, 0.3) is 5.91 Å². The van der Waals surface area contributed by atoms with Crippen LogP contribution in [0.3, 0.4) is 0 Å². The standard InChI is InChI=1S/C13H12N2O3/c1-10-12(6-9-17-10)13(16)15-14-7-2-4-11-5-3-8-18-11/h2-9H,1H3,(H,15,16)/b4-2+,14-7+. The van der Waals surface area contributed by atoms with Crippen molar-refractivity contribution in [3.8, 4) is 0 Å². The highest BCUT2D eigenvalue weighted by molar-refractivity contribution is 5.95. The van der Waals surface area contributed by atoms with Gasteiger partial charge in [-0.25, -0.2) is 5.43 Å². The molecule has 5 nitrogen and oxygen atoms in total. The van der Waals surface area contributed by atoms with E-state index in [-0.39, 0.29) is 5.91 Å². The second-order valence-corrected chi connectivity index (χ2v) is 3.48. The lowest BCUT2D eigenvalue weighted by Gasteiger charge is -1.95. The van der Waals surface area contributed by atoms with E-state index in [0.717, 1.165) is 5.76 Å². The van der Waals surface area contributed by atoms with Crippen LogP contribution in [0.2, 0.25) is 0 Å². The number of furan rings is 2. The van der Waals surface area contributed by atoms with Crippen molar-refractivity contribution in [2.75, 3.05) is 0 Å². The predicted molar refractivity (Wildman–Crippen MR) is 67.1 cm³/mol. The Morgan fingerprint density at radius 1 is 1.33 bits per heavy atom. The fraction of sp³-hybridized carbons (Fsp3) is 0.0769. The van der Waals surface area contributed by atoms with Crippen LogP contribution < -0.4 is 5.43 Å². The first kappa shape index (κ1) is 11.9. The van der Waals surface area contributed by atoms with Crippen molar-refractivity contribution >= 4 is 18.2 Å². The normalized spacial score (nSPS) is 11.4. The molecule has 0 aliphatic rings. The number of rotatable bonds is 4. The summed E-state index contributed by atoms with van der Waals surface area (Å²) in [4.78, 5) is 11.6. The molecule has 0 saturated heterocycles. The molecule has 0 aromatic carbocycles. The topological polar surface area (TPSA) is 67.7 Å². The molecule has 0 atom stereocenters. The quantitative estimate of drug-likeness (QED) is 0.664. The van der Waals surface area contributed by atoms with Crippen molar-refractivity contribution in [3.05, 3.63) is 53.9 Å². The molecule has 18 heavy (non-hydrogen) atoms. The second kappa shape index (κ2) is 5.67. The third kappa shape index (κ3) is 2.98. The summed E-state index contributed by atoms with van der Waals surface area (Å²) in [7, 11) is 0. The molecule has 2 aromatic rings. The van der Waals surface area contributed by atoms with Gasteiger partial charge in [0.1, 0.15) is 11.5 Å². The van der Waals surface area contributed by atoms with E-state index >= 15 is 0 Å². The zero-order chi connectivity index (χ0) is 12.8. The molecule has 0 fully saturated rings. The van der Waals surface area contributed by atoms with Crippen LogP contribution in [0.1, 0.15) is 21.9 Å². The maximum absolute atomic E-state index is 11.6. The first-order valence-electron chi connectivity index (χ1n) is 5.35. The number of hydrazone groups is 1. The average Bonchev–Trinajstić information content (AvgIpc) is 2.99. The van der Waals surface area contributed by atoms with E-state index in [1.54, 1.807) is 37.5 Å². The number of hydrogen-bond donors (Lipinski definition) is 1. The fourth-order valence-electron chi connectivity index (χ4n) is 1.34. The van der Waals surface area contributed by atoms with Crippen LogP contribution in [-0.4, -0.2) is 12.1 Å². The first-order chi connectivity index (χ1) is 8.77. The Labute approximate surface area is 104 Å². The summed E-state index contributed by atoms with van der Waals surface area (Å²) in [6.07, 6.45) is 7.92. The van der Waals surface area contributed by atoms with Crippen LogP contribution in [0.25, 0.3) is 6.08 Å². The van der Waals surface area contributed by atoms with Crippen molar-refractivity contribution in [1.82, 2.24) is 5.43 Å². The number of aryl methyl sites for hydroxylation is 1. The molecule has 92 valence electrons. The van der Waals surface area contributed by atoms with Gasteiger partial charge in [-0.15, -0.1) is 0 Å². The van der Waals surface area contributed by atoms with Gasteiger partial charge in [-0.05, 0) is 37.3 Å². The Hall–Kier alpha value is -2.56. The van der Waals surface area contributed by atoms with Gasteiger partial charge in [0.05, 0.1) is 18.1 Å². The summed E-state index contributed by atoms with van der Waals surface area (Å²) in [6, 6.07) is 5.21. The average molecular weight is 244 g/mol. The number of carbonyl (C=O) groups excluding carboxylic acids is 1. The summed E-state index contributed by atoms with van der Waals surface area (Å²) in [5, 5.41) is 3.77. The van der Waals surface area contributed by atoms with Crippen LogP contribution in [-0.2, 0) is 0 Å². The van der Waals surface area contributed by atoms with E-state index < -0.39 is 0 Å². The minimum Gasteiger partial charge on any atom is -0.469 e. The van der Waals surface area contributed by atoms with Gasteiger partial charge in [-0.1, -0.05) is 0 Å². The second-order valence-electron chi connectivity index (χ2n) is 3.48. The first-order valence-corrected chi connectivity index (χ1v) is 5.35. The van der Waals surface area contributed by atoms with E-state index in [4.69, 9.17) is 8.83 Å². The smallest absolute Gasteiger partial charge is 0.274 e. The molecule has 0 aliphatic carbocycles. The molecule has 0 bridgehead atoms. The Kier molecular flexibility index (Phi) is 3.76. The van der Waals surface area contributed by atoms with Crippen molar-refractivity contribution in [2.45, 2.75) is 6.92 Å². The van der Waals surface area contributed by atoms with Crippen LogP contribution in [0, 0.1) is 6.92 Å². The summed E-state index contributed by atoms with van der Waals surface area (Å²) in [5.41, 5.74) is 2.87. The zero-order valence-corrected chi connectivity index (χ0v) is 9.79. The van der Waals surface area contributed by atoms with Gasteiger partial charge in [0, 0.05) is 6.21 Å². The lowest BCUT2D eigenvalue weighted by molar-refractivity contribution is 0.0953. The lowest BCUT2D eigenvalue weighted by Crippen LogP contribution is -2.17. The molecule has 0 unspecified atom stereocenters. The monoisotopic (exact) mass is 244 g/mol. The van der Waals surface area contributed by atoms with E-state index in [1.807, 2.05) is 6.07 Å². The summed E-state index contributed by atoms with van der Waals surface area (Å²) in [5.74, 6) is 0.983. The molecule has 2 heterocycles. The maximum Gasteiger partial charge on any atom is 0.274 e. The number of nitrogens with one attached hydrogen (secondary N) is 1. The zero-order valence-electron chi connectivity index (χ0n) is 9.79. The highest BCUT2D eigenvalue weighted by atomic mass is 16.3. The third-order valence-electron chi connectivity index (χ3n) is 2.23. The molecule has 2 rings (SSSR count). The van der Waals surface area contributed by atoms with Gasteiger partial charge < -0.3 is 8.83 Å². The Morgan fingerprint density at radius 3 is 2.89 bits per heavy atom. The molecule has 2 aromatic heterocycles. The fourth-order valence-corrected chi connectivity index (χ4v) is 1.34. The van der Waals surface area contributed by atoms with Crippen molar-refractivity contribution in [2.24, 2.45) is 5.10 Å². The van der Waals surface area contributed by atoms with Gasteiger partial charge in [0.2, 0.25) is 0 Å². The molecule has 0 radical (unpaired) electrons. The maximum atomic E-state index is 11.6. The Balaban J connectivity index is 1.85.